The van der Waals surface area contributed by atoms with Gasteiger partial charge >= 0.3 is 0 Å². The first-order valence-corrected chi connectivity index (χ1v) is 10.5. The van der Waals surface area contributed by atoms with Gasteiger partial charge in [0.15, 0.2) is 5.65 Å². The maximum atomic E-state index is 13.2. The lowest BCUT2D eigenvalue weighted by Crippen LogP contribution is -2.57. The number of amides is 3. The van der Waals surface area contributed by atoms with E-state index >= 15 is 0 Å². The monoisotopic (exact) mass is 412 g/mol. The van der Waals surface area contributed by atoms with Crippen LogP contribution in [0.1, 0.15) is 42.7 Å². The summed E-state index contributed by atoms with van der Waals surface area (Å²) in [5.41, 5.74) is 1.81. The Kier molecular flexibility index (Phi) is 5.21. The number of aromatic nitrogens is 3. The number of piperazine rings is 1. The summed E-state index contributed by atoms with van der Waals surface area (Å²) in [5.74, 6) is -0.452. The lowest BCUT2D eigenvalue weighted by atomic mass is 9.95. The zero-order chi connectivity index (χ0) is 21.6. The van der Waals surface area contributed by atoms with Crippen LogP contribution in [0.5, 0.6) is 0 Å². The summed E-state index contributed by atoms with van der Waals surface area (Å²) >= 11 is 0. The second-order valence-corrected chi connectivity index (χ2v) is 8.17. The molecule has 2 aliphatic heterocycles. The Morgan fingerprint density at radius 1 is 1.30 bits per heavy atom. The van der Waals surface area contributed by atoms with Crippen LogP contribution in [-0.4, -0.2) is 85.8 Å². The Morgan fingerprint density at radius 2 is 2.07 bits per heavy atom. The minimum absolute atomic E-state index is 0.0208. The van der Waals surface area contributed by atoms with E-state index in [0.29, 0.717) is 36.4 Å². The molecule has 3 atom stereocenters. The molecule has 160 valence electrons. The van der Waals surface area contributed by atoms with Crippen molar-refractivity contribution in [1.29, 1.82) is 0 Å². The second kappa shape index (κ2) is 7.70. The molecule has 0 aliphatic carbocycles. The van der Waals surface area contributed by atoms with Crippen LogP contribution in [0, 0.1) is 12.8 Å². The lowest BCUT2D eigenvalue weighted by Gasteiger charge is -2.40. The number of aryl methyl sites for hydroxylation is 1. The van der Waals surface area contributed by atoms with Crippen LogP contribution in [0.25, 0.3) is 5.65 Å². The molecule has 0 aromatic carbocycles. The summed E-state index contributed by atoms with van der Waals surface area (Å²) < 4.78 is 1.63. The molecule has 2 fully saturated rings. The van der Waals surface area contributed by atoms with Crippen molar-refractivity contribution in [3.63, 3.8) is 0 Å². The quantitative estimate of drug-likeness (QED) is 0.746. The topological polar surface area (TPSA) is 91.1 Å². The summed E-state index contributed by atoms with van der Waals surface area (Å²) in [6, 6.07) is 1.53. The van der Waals surface area contributed by atoms with Gasteiger partial charge in [0, 0.05) is 38.4 Å². The zero-order valence-electron chi connectivity index (χ0n) is 17.9. The average Bonchev–Trinajstić information content (AvgIpc) is 3.37. The number of hydrogen-bond donors (Lipinski definition) is 0. The molecule has 4 heterocycles. The molecule has 2 aromatic rings. The van der Waals surface area contributed by atoms with E-state index in [9.17, 15) is 14.4 Å². The van der Waals surface area contributed by atoms with E-state index in [1.54, 1.807) is 39.8 Å². The van der Waals surface area contributed by atoms with E-state index in [1.807, 2.05) is 25.7 Å². The second-order valence-electron chi connectivity index (χ2n) is 8.17. The van der Waals surface area contributed by atoms with Gasteiger partial charge in [-0.3, -0.25) is 14.4 Å². The largest absolute Gasteiger partial charge is 0.346 e. The molecule has 9 nitrogen and oxygen atoms in total. The Balaban J connectivity index is 1.58. The van der Waals surface area contributed by atoms with Crippen LogP contribution in [0.15, 0.2) is 18.5 Å². The summed E-state index contributed by atoms with van der Waals surface area (Å²) in [6.07, 6.45) is 4.51. The maximum absolute atomic E-state index is 13.2. The number of fused-ring (bicyclic) bond motifs is 2. The summed E-state index contributed by atoms with van der Waals surface area (Å²) in [4.78, 5) is 48.6. The van der Waals surface area contributed by atoms with E-state index in [2.05, 4.69) is 10.1 Å². The summed E-state index contributed by atoms with van der Waals surface area (Å²) in [5, 5.41) is 4.22. The van der Waals surface area contributed by atoms with Crippen molar-refractivity contribution in [1.82, 2.24) is 29.3 Å². The minimum atomic E-state index is -0.223. The molecule has 3 amide bonds. The van der Waals surface area contributed by atoms with Crippen LogP contribution >= 0.6 is 0 Å². The van der Waals surface area contributed by atoms with Crippen molar-refractivity contribution in [2.45, 2.75) is 45.7 Å². The van der Waals surface area contributed by atoms with E-state index < -0.39 is 0 Å². The fourth-order valence-electron chi connectivity index (χ4n) is 4.85. The summed E-state index contributed by atoms with van der Waals surface area (Å²) in [6.45, 7) is 6.87. The molecular formula is C21H28N6O3. The third kappa shape index (κ3) is 3.12. The Morgan fingerprint density at radius 3 is 2.77 bits per heavy atom. The molecule has 2 saturated heterocycles. The number of carbonyl (C=O) groups excluding carboxylic acids is 3. The SMILES string of the molecule is CC[C@H]1[C@@H](C(=O)N(C)CC)C[C@H]2CN(C(=O)c3cnc4ccnn4c3C)CC(=O)N21. The van der Waals surface area contributed by atoms with Crippen LogP contribution < -0.4 is 0 Å². The van der Waals surface area contributed by atoms with Crippen molar-refractivity contribution >= 4 is 23.4 Å². The summed E-state index contributed by atoms with van der Waals surface area (Å²) in [7, 11) is 1.80. The van der Waals surface area contributed by atoms with Crippen molar-refractivity contribution in [3.8, 4) is 0 Å². The van der Waals surface area contributed by atoms with Gasteiger partial charge in [-0.2, -0.15) is 5.10 Å². The Bertz CT molecular complexity index is 1000. The molecule has 0 bridgehead atoms. The highest BCUT2D eigenvalue weighted by Crippen LogP contribution is 2.36. The first-order valence-electron chi connectivity index (χ1n) is 10.5. The van der Waals surface area contributed by atoms with Gasteiger partial charge in [0.25, 0.3) is 5.91 Å². The Labute approximate surface area is 175 Å². The fraction of sp³-hybridized carbons (Fsp3) is 0.571. The van der Waals surface area contributed by atoms with Gasteiger partial charge in [0.05, 0.1) is 29.4 Å². The molecule has 0 radical (unpaired) electrons. The Hall–Kier alpha value is -2.97. The smallest absolute Gasteiger partial charge is 0.257 e. The van der Waals surface area contributed by atoms with Gasteiger partial charge in [-0.1, -0.05) is 6.92 Å². The van der Waals surface area contributed by atoms with E-state index in [1.165, 1.54) is 0 Å². The highest BCUT2D eigenvalue weighted by Gasteiger charge is 2.50. The molecule has 0 N–H and O–H groups in total. The third-order valence-electron chi connectivity index (χ3n) is 6.55. The molecule has 30 heavy (non-hydrogen) atoms. The molecule has 4 rings (SSSR count). The van der Waals surface area contributed by atoms with Crippen LogP contribution in [0.3, 0.4) is 0 Å². The molecule has 2 aromatic heterocycles. The number of hydrogen-bond acceptors (Lipinski definition) is 5. The zero-order valence-corrected chi connectivity index (χ0v) is 17.9. The molecular weight excluding hydrogens is 384 g/mol. The predicted molar refractivity (Wildman–Crippen MR) is 110 cm³/mol. The number of carbonyl (C=O) groups is 3. The van der Waals surface area contributed by atoms with Crippen molar-refractivity contribution in [3.05, 3.63) is 29.7 Å². The van der Waals surface area contributed by atoms with Crippen molar-refractivity contribution in [2.24, 2.45) is 5.92 Å². The maximum Gasteiger partial charge on any atom is 0.257 e. The van der Waals surface area contributed by atoms with E-state index in [0.717, 1.165) is 6.42 Å². The minimum Gasteiger partial charge on any atom is -0.346 e. The molecule has 0 spiro atoms. The van der Waals surface area contributed by atoms with Gasteiger partial charge in [0.1, 0.15) is 6.54 Å². The highest BCUT2D eigenvalue weighted by atomic mass is 16.2. The van der Waals surface area contributed by atoms with Gasteiger partial charge in [-0.05, 0) is 26.7 Å². The predicted octanol–water partition coefficient (Wildman–Crippen LogP) is 0.968. The fourth-order valence-corrected chi connectivity index (χ4v) is 4.85. The molecule has 0 unspecified atom stereocenters. The van der Waals surface area contributed by atoms with E-state index in [-0.39, 0.29) is 42.3 Å². The number of nitrogens with zero attached hydrogens (tertiary/aromatic N) is 6. The molecule has 0 saturated carbocycles. The third-order valence-corrected chi connectivity index (χ3v) is 6.55. The first-order chi connectivity index (χ1) is 14.4. The van der Waals surface area contributed by atoms with Gasteiger partial charge < -0.3 is 14.7 Å². The van der Waals surface area contributed by atoms with Crippen LogP contribution in [0.4, 0.5) is 0 Å². The number of rotatable bonds is 4. The van der Waals surface area contributed by atoms with Crippen LogP contribution in [0.2, 0.25) is 0 Å². The lowest BCUT2D eigenvalue weighted by molar-refractivity contribution is -0.140. The normalized spacial score (nSPS) is 23.7. The van der Waals surface area contributed by atoms with Gasteiger partial charge in [-0.25, -0.2) is 9.50 Å². The van der Waals surface area contributed by atoms with Crippen LogP contribution in [-0.2, 0) is 9.59 Å². The van der Waals surface area contributed by atoms with E-state index in [4.69, 9.17) is 0 Å². The standard InChI is InChI=1S/C21H28N6O3/c1-5-17-15(20(29)24(4)6-2)9-14-11-25(12-19(28)26(14)17)21(30)16-10-22-18-7-8-23-27(18)13(16)3/h7-8,10,14-15,17H,5-6,9,11-12H2,1-4H3/t14-,15-,17-/m0/s1. The first kappa shape index (κ1) is 20.3. The van der Waals surface area contributed by atoms with Crippen molar-refractivity contribution < 1.29 is 14.4 Å². The highest BCUT2D eigenvalue weighted by molar-refractivity contribution is 5.98. The van der Waals surface area contributed by atoms with Gasteiger partial charge in [0.2, 0.25) is 11.8 Å². The average molecular weight is 412 g/mol. The van der Waals surface area contributed by atoms with Gasteiger partial charge in [-0.15, -0.1) is 0 Å². The molecule has 9 heteroatoms. The van der Waals surface area contributed by atoms with Crippen molar-refractivity contribution in [2.75, 3.05) is 26.7 Å². The molecule has 2 aliphatic rings.